The zero-order valence-corrected chi connectivity index (χ0v) is 18.1. The third-order valence-corrected chi connectivity index (χ3v) is 7.62. The second kappa shape index (κ2) is 8.37. The maximum absolute atomic E-state index is 12.4. The van der Waals surface area contributed by atoms with Gasteiger partial charge in [0.2, 0.25) is 12.1 Å². The highest BCUT2D eigenvalue weighted by Crippen LogP contribution is 2.60. The first kappa shape index (κ1) is 22.0. The molecule has 1 aliphatic carbocycles. The lowest BCUT2D eigenvalue weighted by atomic mass is 9.58. The third-order valence-electron chi connectivity index (χ3n) is 7.62. The molecule has 5 rings (SSSR count). The molecule has 30 heavy (non-hydrogen) atoms. The summed E-state index contributed by atoms with van der Waals surface area (Å²) in [5.41, 5.74) is -0.660. The summed E-state index contributed by atoms with van der Waals surface area (Å²) in [7, 11) is 0. The molecule has 0 aromatic rings. The first-order valence-corrected chi connectivity index (χ1v) is 11.4. The van der Waals surface area contributed by atoms with Gasteiger partial charge < -0.3 is 19.3 Å². The molecule has 0 aromatic carbocycles. The highest BCUT2D eigenvalue weighted by atomic mass is 17.3. The van der Waals surface area contributed by atoms with Crippen LogP contribution in [0.3, 0.4) is 0 Å². The smallest absolute Gasteiger partial charge is 0.308 e. The fourth-order valence-electron chi connectivity index (χ4n) is 5.92. The SMILES string of the molecule is C[C@@H]1CCC2[C@@H](C)[C@H](OC(=O)CCCCCC(=O)O)O[C@@H]3O[C@]4(C)CCC1[C@@]23OO4. The van der Waals surface area contributed by atoms with Crippen molar-refractivity contribution in [2.75, 3.05) is 0 Å². The quantitative estimate of drug-likeness (QED) is 0.373. The van der Waals surface area contributed by atoms with Gasteiger partial charge in [0.05, 0.1) is 0 Å². The van der Waals surface area contributed by atoms with Crippen molar-refractivity contribution >= 4 is 11.9 Å². The Morgan fingerprint density at radius 1 is 1.03 bits per heavy atom. The molecule has 4 aliphatic heterocycles. The molecule has 1 spiro atoms. The van der Waals surface area contributed by atoms with E-state index in [2.05, 4.69) is 13.8 Å². The fourth-order valence-corrected chi connectivity index (χ4v) is 5.92. The molecule has 0 amide bonds. The van der Waals surface area contributed by atoms with E-state index in [-0.39, 0.29) is 36.6 Å². The lowest BCUT2D eigenvalue weighted by Crippen LogP contribution is -2.70. The number of carboxylic acid groups (broad SMARTS) is 1. The summed E-state index contributed by atoms with van der Waals surface area (Å²) >= 11 is 0. The topological polar surface area (TPSA) is 101 Å². The van der Waals surface area contributed by atoms with Gasteiger partial charge in [-0.05, 0) is 50.9 Å². The van der Waals surface area contributed by atoms with Crippen LogP contribution in [0.5, 0.6) is 0 Å². The van der Waals surface area contributed by atoms with Crippen LogP contribution in [0.2, 0.25) is 0 Å². The molecule has 0 radical (unpaired) electrons. The monoisotopic (exact) mass is 426 g/mol. The molecule has 0 aromatic heterocycles. The summed E-state index contributed by atoms with van der Waals surface area (Å²) in [5.74, 6) is -1.14. The molecule has 1 saturated carbocycles. The summed E-state index contributed by atoms with van der Waals surface area (Å²) in [6.45, 7) is 6.18. The van der Waals surface area contributed by atoms with Gasteiger partial charge in [-0.1, -0.05) is 20.3 Å². The Kier molecular flexibility index (Phi) is 6.14. The Morgan fingerprint density at radius 2 is 1.80 bits per heavy atom. The molecule has 2 unspecified atom stereocenters. The zero-order chi connectivity index (χ0) is 21.5. The van der Waals surface area contributed by atoms with Crippen molar-refractivity contribution < 1.29 is 38.7 Å². The maximum Gasteiger partial charge on any atom is 0.308 e. The molecule has 2 bridgehead atoms. The fraction of sp³-hybridized carbons (Fsp3) is 0.909. The van der Waals surface area contributed by atoms with E-state index in [4.69, 9.17) is 29.1 Å². The molecule has 4 saturated heterocycles. The minimum absolute atomic E-state index is 0.0399. The molecule has 8 heteroatoms. The number of aliphatic carboxylic acids is 1. The average molecular weight is 427 g/mol. The van der Waals surface area contributed by atoms with Gasteiger partial charge in [-0.15, -0.1) is 0 Å². The Bertz CT molecular complexity index is 668. The molecule has 4 heterocycles. The summed E-state index contributed by atoms with van der Waals surface area (Å²) in [6.07, 6.45) is 4.68. The van der Waals surface area contributed by atoms with E-state index in [1.54, 1.807) is 0 Å². The van der Waals surface area contributed by atoms with E-state index in [0.29, 0.717) is 25.2 Å². The van der Waals surface area contributed by atoms with Gasteiger partial charge in [0.15, 0.2) is 11.9 Å². The Hall–Kier alpha value is -1.22. The number of carboxylic acids is 1. The first-order valence-electron chi connectivity index (χ1n) is 11.4. The van der Waals surface area contributed by atoms with Crippen LogP contribution in [0.15, 0.2) is 0 Å². The number of ether oxygens (including phenoxy) is 3. The van der Waals surface area contributed by atoms with Crippen LogP contribution in [0.25, 0.3) is 0 Å². The number of carbonyl (C=O) groups excluding carboxylic acids is 1. The predicted molar refractivity (Wildman–Crippen MR) is 104 cm³/mol. The van der Waals surface area contributed by atoms with Crippen LogP contribution in [0.4, 0.5) is 0 Å². The van der Waals surface area contributed by atoms with Gasteiger partial charge in [-0.25, -0.2) is 9.78 Å². The average Bonchev–Trinajstić information content (AvgIpc) is 2.91. The van der Waals surface area contributed by atoms with Crippen molar-refractivity contribution in [1.82, 2.24) is 0 Å². The van der Waals surface area contributed by atoms with Gasteiger partial charge in [-0.2, -0.15) is 0 Å². The van der Waals surface area contributed by atoms with Crippen LogP contribution in [-0.4, -0.2) is 41.0 Å². The largest absolute Gasteiger partial charge is 0.481 e. The maximum atomic E-state index is 12.4. The number of unbranched alkanes of at least 4 members (excludes halogenated alkanes) is 2. The number of carbonyl (C=O) groups is 2. The number of esters is 1. The van der Waals surface area contributed by atoms with Crippen molar-refractivity contribution in [3.8, 4) is 0 Å². The highest BCUT2D eigenvalue weighted by molar-refractivity contribution is 5.69. The van der Waals surface area contributed by atoms with Crippen LogP contribution >= 0.6 is 0 Å². The van der Waals surface area contributed by atoms with Crippen LogP contribution in [-0.2, 0) is 33.6 Å². The molecule has 5 aliphatic rings. The highest BCUT2D eigenvalue weighted by Gasteiger charge is 2.69. The van der Waals surface area contributed by atoms with Crippen molar-refractivity contribution in [2.24, 2.45) is 23.7 Å². The van der Waals surface area contributed by atoms with Gasteiger partial charge in [0.1, 0.15) is 0 Å². The molecule has 1 N–H and O–H groups in total. The van der Waals surface area contributed by atoms with E-state index in [1.807, 2.05) is 6.92 Å². The van der Waals surface area contributed by atoms with Crippen molar-refractivity contribution in [1.29, 1.82) is 0 Å². The van der Waals surface area contributed by atoms with Gasteiger partial charge in [0.25, 0.3) is 0 Å². The van der Waals surface area contributed by atoms with E-state index in [9.17, 15) is 9.59 Å². The lowest BCUT2D eigenvalue weighted by Gasteiger charge is -2.59. The van der Waals surface area contributed by atoms with E-state index in [0.717, 1.165) is 25.7 Å². The van der Waals surface area contributed by atoms with Crippen molar-refractivity contribution in [3.05, 3.63) is 0 Å². The molecule has 8 atom stereocenters. The van der Waals surface area contributed by atoms with Gasteiger partial charge in [0, 0.05) is 31.1 Å². The number of fused-ring (bicyclic) bond motifs is 2. The second-order valence-corrected chi connectivity index (χ2v) is 9.72. The molecule has 170 valence electrons. The summed E-state index contributed by atoms with van der Waals surface area (Å²) in [4.78, 5) is 34.9. The Labute approximate surface area is 177 Å². The lowest BCUT2D eigenvalue weighted by molar-refractivity contribution is -0.576. The zero-order valence-electron chi connectivity index (χ0n) is 18.1. The van der Waals surface area contributed by atoms with E-state index < -0.39 is 29.9 Å². The van der Waals surface area contributed by atoms with Crippen molar-refractivity contribution in [2.45, 2.75) is 103 Å². The number of rotatable bonds is 7. The second-order valence-electron chi connectivity index (χ2n) is 9.72. The number of hydrogen-bond donors (Lipinski definition) is 1. The normalized spacial score (nSPS) is 44.8. The summed E-state index contributed by atoms with van der Waals surface area (Å²) < 4.78 is 18.2. The molecule has 5 fully saturated rings. The van der Waals surface area contributed by atoms with E-state index in [1.165, 1.54) is 0 Å². The summed E-state index contributed by atoms with van der Waals surface area (Å²) in [6, 6.07) is 0. The molecular weight excluding hydrogens is 392 g/mol. The summed E-state index contributed by atoms with van der Waals surface area (Å²) in [5, 5.41) is 8.69. The van der Waals surface area contributed by atoms with E-state index >= 15 is 0 Å². The number of hydrogen-bond acceptors (Lipinski definition) is 7. The minimum atomic E-state index is -0.850. The molecule has 8 nitrogen and oxygen atoms in total. The third kappa shape index (κ3) is 3.87. The Morgan fingerprint density at radius 3 is 2.57 bits per heavy atom. The Balaban J connectivity index is 1.42. The van der Waals surface area contributed by atoms with Crippen molar-refractivity contribution in [3.63, 3.8) is 0 Å². The minimum Gasteiger partial charge on any atom is -0.481 e. The first-order chi connectivity index (χ1) is 14.2. The molecular formula is C22H34O8. The van der Waals surface area contributed by atoms with Crippen LogP contribution in [0, 0.1) is 23.7 Å². The predicted octanol–water partition coefficient (Wildman–Crippen LogP) is 3.77. The van der Waals surface area contributed by atoms with Gasteiger partial charge >= 0.3 is 11.9 Å². The van der Waals surface area contributed by atoms with Crippen LogP contribution < -0.4 is 0 Å². The van der Waals surface area contributed by atoms with Crippen LogP contribution in [0.1, 0.15) is 78.6 Å². The standard InChI is InChI=1S/C22H34O8/c1-13-9-10-16-14(2)19(26-18(25)8-6-4-5-7-17(23)24)27-20-22(16)15(13)11-12-21(3,28-20)29-30-22/h13-16,19-20H,4-12H2,1-3H3,(H,23,24)/t13-,14-,15?,16?,19-,20-,21+,22-/m1/s1. The van der Waals surface area contributed by atoms with Gasteiger partial charge in [-0.3, -0.25) is 9.59 Å².